The van der Waals surface area contributed by atoms with Crippen LogP contribution in [0.15, 0.2) is 0 Å². The molecule has 2 N–H and O–H groups in total. The minimum absolute atomic E-state index is 0.0583. The molecule has 4 heteroatoms. The van der Waals surface area contributed by atoms with Crippen LogP contribution in [0.2, 0.25) is 0 Å². The fourth-order valence-electron chi connectivity index (χ4n) is 1.93. The Labute approximate surface area is 84.7 Å². The van der Waals surface area contributed by atoms with Crippen molar-refractivity contribution >= 4 is 5.91 Å². The molecular formula is C10H17N3O. The van der Waals surface area contributed by atoms with Crippen molar-refractivity contribution in [3.8, 4) is 6.07 Å². The van der Waals surface area contributed by atoms with E-state index in [4.69, 9.17) is 11.0 Å². The van der Waals surface area contributed by atoms with Crippen LogP contribution in [0.25, 0.3) is 0 Å². The highest BCUT2D eigenvalue weighted by Crippen LogP contribution is 2.17. The highest BCUT2D eigenvalue weighted by atomic mass is 16.1. The number of rotatable bonds is 5. The van der Waals surface area contributed by atoms with Gasteiger partial charge in [-0.05, 0) is 38.8 Å². The molecule has 14 heavy (non-hydrogen) atoms. The van der Waals surface area contributed by atoms with Crippen molar-refractivity contribution in [2.24, 2.45) is 5.73 Å². The predicted octanol–water partition coefficient (Wildman–Crippen LogP) is 0.630. The second-order valence-electron chi connectivity index (χ2n) is 3.71. The second-order valence-corrected chi connectivity index (χ2v) is 3.71. The first kappa shape index (κ1) is 11.0. The summed E-state index contributed by atoms with van der Waals surface area (Å²) in [5, 5.41) is 8.36. The molecule has 1 saturated heterocycles. The number of primary amides is 1. The van der Waals surface area contributed by atoms with Gasteiger partial charge < -0.3 is 5.73 Å². The van der Waals surface area contributed by atoms with Crippen LogP contribution >= 0.6 is 0 Å². The van der Waals surface area contributed by atoms with Gasteiger partial charge in [-0.1, -0.05) is 0 Å². The molecular weight excluding hydrogens is 178 g/mol. The maximum atomic E-state index is 11.0. The fourth-order valence-corrected chi connectivity index (χ4v) is 1.93. The first-order chi connectivity index (χ1) is 6.75. The van der Waals surface area contributed by atoms with Crippen molar-refractivity contribution in [3.63, 3.8) is 0 Å². The normalized spacial score (nSPS) is 22.1. The third-order valence-electron chi connectivity index (χ3n) is 2.68. The standard InChI is InChI=1S/C10H17N3O/c11-6-2-1-3-7-13-8-4-5-9(13)10(12)14/h9H,1-5,7-8H2,(H2,12,14). The minimum Gasteiger partial charge on any atom is -0.368 e. The lowest BCUT2D eigenvalue weighted by Gasteiger charge is -2.21. The van der Waals surface area contributed by atoms with Gasteiger partial charge in [-0.15, -0.1) is 0 Å². The number of amides is 1. The minimum atomic E-state index is -0.206. The van der Waals surface area contributed by atoms with E-state index >= 15 is 0 Å². The van der Waals surface area contributed by atoms with Crippen molar-refractivity contribution in [1.29, 1.82) is 5.26 Å². The average molecular weight is 195 g/mol. The second kappa shape index (κ2) is 5.61. The van der Waals surface area contributed by atoms with E-state index in [9.17, 15) is 4.79 Å². The molecule has 0 aliphatic carbocycles. The van der Waals surface area contributed by atoms with Crippen molar-refractivity contribution in [1.82, 2.24) is 4.90 Å². The van der Waals surface area contributed by atoms with E-state index in [-0.39, 0.29) is 11.9 Å². The summed E-state index contributed by atoms with van der Waals surface area (Å²) in [4.78, 5) is 13.2. The lowest BCUT2D eigenvalue weighted by molar-refractivity contribution is -0.122. The van der Waals surface area contributed by atoms with Gasteiger partial charge in [-0.3, -0.25) is 9.69 Å². The number of carbonyl (C=O) groups is 1. The smallest absolute Gasteiger partial charge is 0.234 e. The van der Waals surface area contributed by atoms with Gasteiger partial charge in [0.1, 0.15) is 0 Å². The molecule has 0 saturated carbocycles. The quantitative estimate of drug-likeness (QED) is 0.654. The van der Waals surface area contributed by atoms with Crippen LogP contribution in [0, 0.1) is 11.3 Å². The number of unbranched alkanes of at least 4 members (excludes halogenated alkanes) is 2. The summed E-state index contributed by atoms with van der Waals surface area (Å²) in [6.07, 6.45) is 4.46. The summed E-state index contributed by atoms with van der Waals surface area (Å²) < 4.78 is 0. The Bertz CT molecular complexity index is 234. The number of hydrogen-bond acceptors (Lipinski definition) is 3. The molecule has 1 rings (SSSR count). The van der Waals surface area contributed by atoms with Crippen LogP contribution < -0.4 is 5.73 Å². The van der Waals surface area contributed by atoms with Gasteiger partial charge in [0.2, 0.25) is 5.91 Å². The fraction of sp³-hybridized carbons (Fsp3) is 0.800. The van der Waals surface area contributed by atoms with E-state index in [1.165, 1.54) is 0 Å². The molecule has 1 amide bonds. The topological polar surface area (TPSA) is 70.1 Å². The summed E-state index contributed by atoms with van der Waals surface area (Å²) in [5.41, 5.74) is 5.29. The Morgan fingerprint density at radius 1 is 1.57 bits per heavy atom. The number of hydrogen-bond donors (Lipinski definition) is 1. The van der Waals surface area contributed by atoms with Gasteiger partial charge >= 0.3 is 0 Å². The average Bonchev–Trinajstić information content (AvgIpc) is 2.60. The number of carbonyl (C=O) groups excluding carboxylic acids is 1. The Hall–Kier alpha value is -1.08. The first-order valence-electron chi connectivity index (χ1n) is 5.16. The van der Waals surface area contributed by atoms with E-state index in [2.05, 4.69) is 11.0 Å². The third kappa shape index (κ3) is 3.00. The van der Waals surface area contributed by atoms with Gasteiger partial charge in [0.25, 0.3) is 0 Å². The van der Waals surface area contributed by atoms with Crippen LogP contribution in [0.3, 0.4) is 0 Å². The van der Waals surface area contributed by atoms with E-state index in [1.807, 2.05) is 0 Å². The van der Waals surface area contributed by atoms with Crippen molar-refractivity contribution in [3.05, 3.63) is 0 Å². The van der Waals surface area contributed by atoms with E-state index in [0.717, 1.165) is 38.8 Å². The van der Waals surface area contributed by atoms with Crippen LogP contribution in [-0.2, 0) is 4.79 Å². The zero-order valence-corrected chi connectivity index (χ0v) is 8.41. The molecule has 1 aliphatic rings. The molecule has 1 aliphatic heterocycles. The van der Waals surface area contributed by atoms with Crippen LogP contribution in [-0.4, -0.2) is 29.9 Å². The molecule has 0 spiro atoms. The Kier molecular flexibility index (Phi) is 4.41. The van der Waals surface area contributed by atoms with Gasteiger partial charge in [0, 0.05) is 6.42 Å². The molecule has 0 aromatic heterocycles. The lowest BCUT2D eigenvalue weighted by Crippen LogP contribution is -2.40. The predicted molar refractivity (Wildman–Crippen MR) is 53.3 cm³/mol. The van der Waals surface area contributed by atoms with Crippen molar-refractivity contribution in [2.45, 2.75) is 38.1 Å². The van der Waals surface area contributed by atoms with Crippen molar-refractivity contribution < 1.29 is 4.79 Å². The van der Waals surface area contributed by atoms with Crippen molar-refractivity contribution in [2.75, 3.05) is 13.1 Å². The Balaban J connectivity index is 2.23. The van der Waals surface area contributed by atoms with Gasteiger partial charge in [-0.25, -0.2) is 0 Å². The summed E-state index contributed by atoms with van der Waals surface area (Å²) in [6, 6.07) is 2.06. The molecule has 1 fully saturated rings. The number of nitrogens with zero attached hydrogens (tertiary/aromatic N) is 2. The Morgan fingerprint density at radius 2 is 2.36 bits per heavy atom. The third-order valence-corrected chi connectivity index (χ3v) is 2.68. The largest absolute Gasteiger partial charge is 0.368 e. The molecule has 1 unspecified atom stereocenters. The molecule has 1 atom stereocenters. The maximum absolute atomic E-state index is 11.0. The summed E-state index contributed by atoms with van der Waals surface area (Å²) in [7, 11) is 0. The zero-order chi connectivity index (χ0) is 10.4. The number of nitriles is 1. The monoisotopic (exact) mass is 195 g/mol. The highest BCUT2D eigenvalue weighted by Gasteiger charge is 2.27. The van der Waals surface area contributed by atoms with E-state index < -0.39 is 0 Å². The summed E-state index contributed by atoms with van der Waals surface area (Å²) >= 11 is 0. The molecule has 4 nitrogen and oxygen atoms in total. The molecule has 0 radical (unpaired) electrons. The van der Waals surface area contributed by atoms with Gasteiger partial charge in [-0.2, -0.15) is 5.26 Å². The summed E-state index contributed by atoms with van der Waals surface area (Å²) in [6.45, 7) is 1.87. The first-order valence-corrected chi connectivity index (χ1v) is 5.16. The molecule has 1 heterocycles. The van der Waals surface area contributed by atoms with Gasteiger partial charge in [0.15, 0.2) is 0 Å². The van der Waals surface area contributed by atoms with Crippen LogP contribution in [0.1, 0.15) is 32.1 Å². The molecule has 0 aromatic carbocycles. The maximum Gasteiger partial charge on any atom is 0.234 e. The number of nitrogens with two attached hydrogens (primary N) is 1. The summed E-state index contributed by atoms with van der Waals surface area (Å²) in [5.74, 6) is -0.206. The number of likely N-dealkylation sites (tertiary alicyclic amines) is 1. The molecule has 0 bridgehead atoms. The molecule has 0 aromatic rings. The highest BCUT2D eigenvalue weighted by molar-refractivity contribution is 5.80. The van der Waals surface area contributed by atoms with Crippen LogP contribution in [0.5, 0.6) is 0 Å². The van der Waals surface area contributed by atoms with E-state index in [0.29, 0.717) is 6.42 Å². The van der Waals surface area contributed by atoms with E-state index in [1.54, 1.807) is 0 Å². The lowest BCUT2D eigenvalue weighted by atomic mass is 10.2. The van der Waals surface area contributed by atoms with Crippen LogP contribution in [0.4, 0.5) is 0 Å². The van der Waals surface area contributed by atoms with Gasteiger partial charge in [0.05, 0.1) is 12.1 Å². The molecule has 78 valence electrons. The SMILES string of the molecule is N#CCCCCN1CCCC1C(N)=O. The Morgan fingerprint density at radius 3 is 3.00 bits per heavy atom. The zero-order valence-electron chi connectivity index (χ0n) is 8.41.